The summed E-state index contributed by atoms with van der Waals surface area (Å²) in [7, 11) is 0. The Labute approximate surface area is 92.0 Å². The van der Waals surface area contributed by atoms with Gasteiger partial charge in [0, 0.05) is 17.4 Å². The van der Waals surface area contributed by atoms with Gasteiger partial charge in [0.1, 0.15) is 0 Å². The van der Waals surface area contributed by atoms with E-state index in [4.69, 9.17) is 0 Å². The Bertz CT molecular complexity index is 351. The first-order valence-corrected chi connectivity index (χ1v) is 5.58. The first-order chi connectivity index (χ1) is 6.77. The van der Waals surface area contributed by atoms with E-state index in [1.807, 2.05) is 24.3 Å². The van der Waals surface area contributed by atoms with Crippen LogP contribution in [0.3, 0.4) is 0 Å². The number of benzene rings is 1. The molecule has 0 spiro atoms. The van der Waals surface area contributed by atoms with Crippen LogP contribution in [0.2, 0.25) is 0 Å². The number of carbonyl (C=O) groups excluding carboxylic acids is 1. The molecular weight excluding hydrogens is 242 g/mol. The molecule has 1 aliphatic rings. The molecule has 2 rings (SSSR count). The van der Waals surface area contributed by atoms with Crippen molar-refractivity contribution in [2.75, 3.05) is 18.0 Å². The Hall–Kier alpha value is -0.830. The van der Waals surface area contributed by atoms with Gasteiger partial charge in [-0.05, 0) is 34.5 Å². The third kappa shape index (κ3) is 1.98. The van der Waals surface area contributed by atoms with Crippen molar-refractivity contribution < 1.29 is 4.79 Å². The lowest BCUT2D eigenvalue weighted by Gasteiger charge is -2.28. The number of hydrogen-bond donors (Lipinski definition) is 0. The Morgan fingerprint density at radius 3 is 2.79 bits per heavy atom. The maximum Gasteiger partial charge on any atom is 0.152 e. The van der Waals surface area contributed by atoms with Crippen molar-refractivity contribution in [2.45, 2.75) is 12.8 Å². The second-order valence-electron chi connectivity index (χ2n) is 3.52. The lowest BCUT2D eigenvalue weighted by atomic mass is 10.1. The zero-order valence-corrected chi connectivity index (χ0v) is 9.46. The number of halogens is 1. The van der Waals surface area contributed by atoms with Crippen LogP contribution in [-0.2, 0) is 4.79 Å². The molecular formula is C11H12BrNO. The lowest BCUT2D eigenvalue weighted by molar-refractivity contribution is -0.118. The molecule has 3 heteroatoms. The summed E-state index contributed by atoms with van der Waals surface area (Å²) < 4.78 is 1.06. The second-order valence-corrected chi connectivity index (χ2v) is 4.37. The summed E-state index contributed by atoms with van der Waals surface area (Å²) in [5.74, 6) is 0.340. The number of piperidine rings is 1. The molecule has 0 N–H and O–H groups in total. The van der Waals surface area contributed by atoms with E-state index < -0.39 is 0 Å². The standard InChI is InChI=1S/C11H12BrNO/c12-10-5-1-2-6-11(10)13-7-3-4-9(14)8-13/h1-2,5-6H,3-4,7-8H2. The summed E-state index contributed by atoms with van der Waals surface area (Å²) >= 11 is 3.50. The van der Waals surface area contributed by atoms with E-state index in [1.54, 1.807) is 0 Å². The molecule has 14 heavy (non-hydrogen) atoms. The van der Waals surface area contributed by atoms with E-state index in [2.05, 4.69) is 20.8 Å². The minimum absolute atomic E-state index is 0.340. The highest BCUT2D eigenvalue weighted by Gasteiger charge is 2.18. The number of anilines is 1. The number of hydrogen-bond acceptors (Lipinski definition) is 2. The van der Waals surface area contributed by atoms with E-state index in [1.165, 1.54) is 0 Å². The lowest BCUT2D eigenvalue weighted by Crippen LogP contribution is -2.35. The molecule has 74 valence electrons. The van der Waals surface area contributed by atoms with Gasteiger partial charge in [0.25, 0.3) is 0 Å². The largest absolute Gasteiger partial charge is 0.363 e. The van der Waals surface area contributed by atoms with Crippen molar-refractivity contribution in [2.24, 2.45) is 0 Å². The summed E-state index contributed by atoms with van der Waals surface area (Å²) in [6, 6.07) is 8.04. The fraction of sp³-hybridized carbons (Fsp3) is 0.364. The highest BCUT2D eigenvalue weighted by molar-refractivity contribution is 9.10. The number of nitrogens with zero attached hydrogens (tertiary/aromatic N) is 1. The molecule has 0 bridgehead atoms. The van der Waals surface area contributed by atoms with Gasteiger partial charge in [0.05, 0.1) is 12.2 Å². The normalized spacial score (nSPS) is 17.2. The first kappa shape index (κ1) is 9.71. The fourth-order valence-corrected chi connectivity index (χ4v) is 2.29. The SMILES string of the molecule is O=C1CCCN(c2ccccc2Br)C1. The molecule has 1 heterocycles. The highest BCUT2D eigenvalue weighted by Crippen LogP contribution is 2.27. The fourth-order valence-electron chi connectivity index (χ4n) is 1.75. The summed E-state index contributed by atoms with van der Waals surface area (Å²) in [6.07, 6.45) is 1.71. The van der Waals surface area contributed by atoms with Crippen molar-refractivity contribution in [1.29, 1.82) is 0 Å². The first-order valence-electron chi connectivity index (χ1n) is 4.78. The average molecular weight is 254 g/mol. The number of ketones is 1. The Balaban J connectivity index is 2.22. The third-order valence-electron chi connectivity index (χ3n) is 2.44. The van der Waals surface area contributed by atoms with E-state index in [-0.39, 0.29) is 0 Å². The molecule has 0 saturated carbocycles. The van der Waals surface area contributed by atoms with Gasteiger partial charge < -0.3 is 4.90 Å². The van der Waals surface area contributed by atoms with E-state index in [0.29, 0.717) is 12.3 Å². The maximum atomic E-state index is 11.3. The van der Waals surface area contributed by atoms with Gasteiger partial charge in [-0.15, -0.1) is 0 Å². The molecule has 0 radical (unpaired) electrons. The van der Waals surface area contributed by atoms with E-state index >= 15 is 0 Å². The Morgan fingerprint density at radius 1 is 1.29 bits per heavy atom. The van der Waals surface area contributed by atoms with Crippen molar-refractivity contribution >= 4 is 27.4 Å². The van der Waals surface area contributed by atoms with Gasteiger partial charge in [-0.3, -0.25) is 4.79 Å². The number of Topliss-reactive ketones (excluding diaryl/α,β-unsaturated/α-hetero) is 1. The van der Waals surface area contributed by atoms with Gasteiger partial charge >= 0.3 is 0 Å². The molecule has 0 atom stereocenters. The average Bonchev–Trinajstić information content (AvgIpc) is 2.18. The Morgan fingerprint density at radius 2 is 2.07 bits per heavy atom. The van der Waals surface area contributed by atoms with Crippen molar-refractivity contribution in [3.8, 4) is 0 Å². The smallest absolute Gasteiger partial charge is 0.152 e. The van der Waals surface area contributed by atoms with Crippen LogP contribution in [0.25, 0.3) is 0 Å². The van der Waals surface area contributed by atoms with Crippen LogP contribution < -0.4 is 4.90 Å². The summed E-state index contributed by atoms with van der Waals surface area (Å²) in [5, 5.41) is 0. The minimum Gasteiger partial charge on any atom is -0.363 e. The molecule has 0 unspecified atom stereocenters. The van der Waals surface area contributed by atoms with Crippen molar-refractivity contribution in [1.82, 2.24) is 0 Å². The van der Waals surface area contributed by atoms with Crippen LogP contribution in [0.4, 0.5) is 5.69 Å². The van der Waals surface area contributed by atoms with Crippen LogP contribution in [-0.4, -0.2) is 18.9 Å². The molecule has 1 aromatic rings. The number of rotatable bonds is 1. The molecule has 1 aliphatic heterocycles. The molecule has 1 aromatic carbocycles. The Kier molecular flexibility index (Phi) is 2.87. The van der Waals surface area contributed by atoms with Crippen LogP contribution in [0.1, 0.15) is 12.8 Å². The van der Waals surface area contributed by atoms with Crippen LogP contribution in [0.15, 0.2) is 28.7 Å². The highest BCUT2D eigenvalue weighted by atomic mass is 79.9. The van der Waals surface area contributed by atoms with Crippen molar-refractivity contribution in [3.63, 3.8) is 0 Å². The summed E-state index contributed by atoms with van der Waals surface area (Å²) in [4.78, 5) is 13.4. The van der Waals surface area contributed by atoms with Gasteiger partial charge in [-0.1, -0.05) is 12.1 Å². The minimum atomic E-state index is 0.340. The second kappa shape index (κ2) is 4.13. The van der Waals surface area contributed by atoms with Crippen LogP contribution in [0, 0.1) is 0 Å². The van der Waals surface area contributed by atoms with Crippen LogP contribution in [0.5, 0.6) is 0 Å². The van der Waals surface area contributed by atoms with Gasteiger partial charge in [-0.25, -0.2) is 0 Å². The summed E-state index contributed by atoms with van der Waals surface area (Å²) in [5.41, 5.74) is 1.13. The maximum absolute atomic E-state index is 11.3. The van der Waals surface area contributed by atoms with Gasteiger partial charge in [0.15, 0.2) is 5.78 Å². The zero-order valence-electron chi connectivity index (χ0n) is 7.87. The zero-order chi connectivity index (χ0) is 9.97. The predicted molar refractivity (Wildman–Crippen MR) is 60.6 cm³/mol. The predicted octanol–water partition coefficient (Wildman–Crippen LogP) is 2.62. The quantitative estimate of drug-likeness (QED) is 0.767. The molecule has 0 aliphatic carbocycles. The third-order valence-corrected chi connectivity index (χ3v) is 3.11. The topological polar surface area (TPSA) is 20.3 Å². The van der Waals surface area contributed by atoms with E-state index in [9.17, 15) is 4.79 Å². The number of carbonyl (C=O) groups is 1. The van der Waals surface area contributed by atoms with Gasteiger partial charge in [-0.2, -0.15) is 0 Å². The van der Waals surface area contributed by atoms with Crippen molar-refractivity contribution in [3.05, 3.63) is 28.7 Å². The van der Waals surface area contributed by atoms with E-state index in [0.717, 1.165) is 29.5 Å². The molecule has 0 amide bonds. The van der Waals surface area contributed by atoms with Gasteiger partial charge in [0.2, 0.25) is 0 Å². The van der Waals surface area contributed by atoms with Crippen LogP contribution >= 0.6 is 15.9 Å². The summed E-state index contributed by atoms with van der Waals surface area (Å²) in [6.45, 7) is 1.54. The molecule has 2 nitrogen and oxygen atoms in total. The molecule has 0 aromatic heterocycles. The monoisotopic (exact) mass is 253 g/mol. The number of para-hydroxylation sites is 1. The molecule has 1 fully saturated rings. The molecule has 1 saturated heterocycles.